The number of ether oxygens (including phenoxy) is 2. The maximum atomic E-state index is 10.6. The van der Waals surface area contributed by atoms with Crippen molar-refractivity contribution in [2.24, 2.45) is 4.99 Å². The molecule has 1 aliphatic heterocycles. The minimum absolute atomic E-state index is 0. The van der Waals surface area contributed by atoms with Crippen LogP contribution in [0.25, 0.3) is 0 Å². The summed E-state index contributed by atoms with van der Waals surface area (Å²) in [7, 11) is 3.20. The molecule has 0 spiro atoms. The molecule has 0 amide bonds. The van der Waals surface area contributed by atoms with Gasteiger partial charge in [0.25, 0.3) is 0 Å². The van der Waals surface area contributed by atoms with Crippen LogP contribution in [0.3, 0.4) is 0 Å². The lowest BCUT2D eigenvalue weighted by Crippen LogP contribution is -2.40. The first-order chi connectivity index (χ1) is 12.5. The van der Waals surface area contributed by atoms with Gasteiger partial charge in [-0.3, -0.25) is 4.99 Å². The molecule has 1 fully saturated rings. The molecule has 27 heavy (non-hydrogen) atoms. The summed E-state index contributed by atoms with van der Waals surface area (Å²) in [5, 5.41) is 17.1. The lowest BCUT2D eigenvalue weighted by atomic mass is 10.1. The molecule has 2 rings (SSSR count). The van der Waals surface area contributed by atoms with Gasteiger partial charge >= 0.3 is 0 Å². The first-order valence-corrected chi connectivity index (χ1v) is 10.1. The topological polar surface area (TPSA) is 75.1 Å². The number of aliphatic imine (C=N–C) groups is 1. The van der Waals surface area contributed by atoms with E-state index in [4.69, 9.17) is 14.5 Å². The highest BCUT2D eigenvalue weighted by molar-refractivity contribution is 14.0. The Morgan fingerprint density at radius 1 is 1.33 bits per heavy atom. The number of methoxy groups -OCH3 is 2. The van der Waals surface area contributed by atoms with Crippen LogP contribution in [-0.4, -0.2) is 55.4 Å². The Labute approximate surface area is 183 Å². The van der Waals surface area contributed by atoms with Gasteiger partial charge in [0, 0.05) is 23.4 Å². The number of aliphatic hydroxyl groups is 1. The van der Waals surface area contributed by atoms with Crippen molar-refractivity contribution in [1.29, 1.82) is 0 Å². The van der Waals surface area contributed by atoms with Crippen molar-refractivity contribution in [3.63, 3.8) is 0 Å². The molecule has 1 aromatic rings. The fourth-order valence-electron chi connectivity index (χ4n) is 2.95. The van der Waals surface area contributed by atoms with Crippen LogP contribution in [0.4, 0.5) is 0 Å². The minimum atomic E-state index is -0.736. The van der Waals surface area contributed by atoms with Gasteiger partial charge in [-0.2, -0.15) is 11.8 Å². The normalized spacial score (nSPS) is 20.6. The van der Waals surface area contributed by atoms with Crippen molar-refractivity contribution in [1.82, 2.24) is 10.6 Å². The van der Waals surface area contributed by atoms with Crippen LogP contribution in [0.15, 0.2) is 23.2 Å². The van der Waals surface area contributed by atoms with Gasteiger partial charge in [0.05, 0.1) is 26.9 Å². The van der Waals surface area contributed by atoms with Crippen molar-refractivity contribution in [3.05, 3.63) is 23.8 Å². The third-order valence-corrected chi connectivity index (χ3v) is 6.00. The Hall–Kier alpha value is -0.870. The molecule has 1 heterocycles. The van der Waals surface area contributed by atoms with E-state index in [-0.39, 0.29) is 28.7 Å². The summed E-state index contributed by atoms with van der Waals surface area (Å²) in [6.07, 6.45) is 1.72. The fourth-order valence-corrected chi connectivity index (χ4v) is 4.18. The number of aliphatic hydroxyl groups excluding tert-OH is 1. The predicted octanol–water partition coefficient (Wildman–Crippen LogP) is 3.20. The second-order valence-electron chi connectivity index (χ2n) is 6.60. The van der Waals surface area contributed by atoms with E-state index in [1.165, 1.54) is 18.6 Å². The second-order valence-corrected chi connectivity index (χ2v) is 8.28. The molecule has 1 aromatic carbocycles. The number of guanidine groups is 1. The van der Waals surface area contributed by atoms with Gasteiger partial charge in [0.1, 0.15) is 11.5 Å². The van der Waals surface area contributed by atoms with Gasteiger partial charge in [0.15, 0.2) is 5.96 Å². The van der Waals surface area contributed by atoms with Gasteiger partial charge in [-0.05, 0) is 50.6 Å². The maximum absolute atomic E-state index is 10.6. The van der Waals surface area contributed by atoms with Gasteiger partial charge in [-0.1, -0.05) is 0 Å². The molecule has 0 radical (unpaired) electrons. The molecule has 0 saturated carbocycles. The van der Waals surface area contributed by atoms with Crippen LogP contribution in [0.1, 0.15) is 38.4 Å². The van der Waals surface area contributed by atoms with Crippen molar-refractivity contribution in [2.45, 2.75) is 37.5 Å². The van der Waals surface area contributed by atoms with E-state index in [9.17, 15) is 5.11 Å². The van der Waals surface area contributed by atoms with Crippen molar-refractivity contribution in [2.75, 3.05) is 39.6 Å². The van der Waals surface area contributed by atoms with Crippen LogP contribution in [0.2, 0.25) is 0 Å². The van der Waals surface area contributed by atoms with Crippen LogP contribution in [0.5, 0.6) is 11.5 Å². The van der Waals surface area contributed by atoms with E-state index in [1.54, 1.807) is 26.4 Å². The zero-order valence-electron chi connectivity index (χ0n) is 16.6. The summed E-state index contributed by atoms with van der Waals surface area (Å²) in [5.74, 6) is 3.26. The van der Waals surface area contributed by atoms with Gasteiger partial charge in [-0.25, -0.2) is 0 Å². The molecular weight excluding hydrogens is 477 g/mol. The zero-order chi connectivity index (χ0) is 19.0. The molecule has 154 valence electrons. The number of benzene rings is 1. The summed E-state index contributed by atoms with van der Waals surface area (Å²) in [6, 6.07) is 5.41. The number of nitrogens with one attached hydrogen (secondary N) is 2. The maximum Gasteiger partial charge on any atom is 0.191 e. The first-order valence-electron chi connectivity index (χ1n) is 9.07. The van der Waals surface area contributed by atoms with Crippen LogP contribution < -0.4 is 20.1 Å². The van der Waals surface area contributed by atoms with E-state index >= 15 is 0 Å². The minimum Gasteiger partial charge on any atom is -0.497 e. The number of hydrogen-bond acceptors (Lipinski definition) is 5. The standard InChI is InChI=1S/C19H31N3O3S.HI/c1-5-20-18(22-13-19(2)9-6-10-26-19)21-12-16(23)15-11-14(24-3)7-8-17(15)25-4;/h7-8,11,16,23H,5-6,9-10,12-13H2,1-4H3,(H2,20,21,22);1H. The quantitative estimate of drug-likeness (QED) is 0.284. The highest BCUT2D eigenvalue weighted by Gasteiger charge is 2.29. The Morgan fingerprint density at radius 3 is 2.70 bits per heavy atom. The molecule has 0 bridgehead atoms. The van der Waals surface area contributed by atoms with E-state index in [2.05, 4.69) is 17.6 Å². The Kier molecular flexibility index (Phi) is 10.6. The fraction of sp³-hybridized carbons (Fsp3) is 0.632. The van der Waals surface area contributed by atoms with Crippen LogP contribution in [-0.2, 0) is 0 Å². The third kappa shape index (κ3) is 7.23. The van der Waals surface area contributed by atoms with Crippen molar-refractivity contribution < 1.29 is 14.6 Å². The van der Waals surface area contributed by atoms with Gasteiger partial charge in [-0.15, -0.1) is 24.0 Å². The van der Waals surface area contributed by atoms with E-state index in [0.29, 0.717) is 23.6 Å². The summed E-state index contributed by atoms with van der Waals surface area (Å²) in [4.78, 5) is 4.72. The Balaban J connectivity index is 0.00000364. The molecule has 1 aliphatic rings. The lowest BCUT2D eigenvalue weighted by Gasteiger charge is -2.22. The average Bonchev–Trinajstić information content (AvgIpc) is 3.10. The molecule has 0 aliphatic carbocycles. The third-order valence-electron chi connectivity index (χ3n) is 4.48. The predicted molar refractivity (Wildman–Crippen MR) is 124 cm³/mol. The number of thioether (sulfide) groups is 1. The molecule has 0 aromatic heterocycles. The Morgan fingerprint density at radius 2 is 2.11 bits per heavy atom. The highest BCUT2D eigenvalue weighted by atomic mass is 127. The number of hydrogen-bond donors (Lipinski definition) is 3. The SMILES string of the molecule is CCNC(=NCC1(C)CCCS1)NCC(O)c1cc(OC)ccc1OC.I. The molecule has 6 nitrogen and oxygen atoms in total. The van der Waals surface area contributed by atoms with E-state index < -0.39 is 6.10 Å². The molecule has 2 atom stereocenters. The molecular formula is C19H32IN3O3S. The van der Waals surface area contributed by atoms with Crippen molar-refractivity contribution in [3.8, 4) is 11.5 Å². The number of nitrogens with zero attached hydrogens (tertiary/aromatic N) is 1. The van der Waals surface area contributed by atoms with Crippen LogP contribution in [0, 0.1) is 0 Å². The van der Waals surface area contributed by atoms with Gasteiger partial charge in [0.2, 0.25) is 0 Å². The number of halogens is 1. The van der Waals surface area contributed by atoms with E-state index in [0.717, 1.165) is 19.0 Å². The highest BCUT2D eigenvalue weighted by Crippen LogP contribution is 2.37. The smallest absolute Gasteiger partial charge is 0.191 e. The summed E-state index contributed by atoms with van der Waals surface area (Å²) < 4.78 is 10.8. The molecule has 2 unspecified atom stereocenters. The summed E-state index contributed by atoms with van der Waals surface area (Å²) in [5.41, 5.74) is 0.688. The molecule has 8 heteroatoms. The van der Waals surface area contributed by atoms with Crippen LogP contribution >= 0.6 is 35.7 Å². The first kappa shape index (κ1) is 24.2. The van der Waals surface area contributed by atoms with E-state index in [1.807, 2.05) is 24.8 Å². The average molecular weight is 509 g/mol. The monoisotopic (exact) mass is 509 g/mol. The lowest BCUT2D eigenvalue weighted by molar-refractivity contribution is 0.176. The largest absolute Gasteiger partial charge is 0.497 e. The van der Waals surface area contributed by atoms with Crippen molar-refractivity contribution >= 4 is 41.7 Å². The number of rotatable bonds is 8. The summed E-state index contributed by atoms with van der Waals surface area (Å²) >= 11 is 1.99. The molecule has 1 saturated heterocycles. The molecule has 3 N–H and O–H groups in total. The Bertz CT molecular complexity index is 610. The zero-order valence-corrected chi connectivity index (χ0v) is 19.7. The summed E-state index contributed by atoms with van der Waals surface area (Å²) in [6.45, 7) is 6.18. The second kappa shape index (κ2) is 11.9. The van der Waals surface area contributed by atoms with Gasteiger partial charge < -0.3 is 25.2 Å².